The molecule has 11 heteroatoms. The van der Waals surface area contributed by atoms with Crippen LogP contribution in [0.1, 0.15) is 54.4 Å². The fraction of sp³-hybridized carbons (Fsp3) is 0.615. The van der Waals surface area contributed by atoms with Crippen molar-refractivity contribution in [2.45, 2.75) is 57.9 Å². The maximum Gasteiger partial charge on any atom is 0.416 e. The van der Waals surface area contributed by atoms with Crippen molar-refractivity contribution in [3.05, 3.63) is 45.2 Å². The van der Waals surface area contributed by atoms with Crippen LogP contribution < -0.4 is 9.54 Å². The molecule has 2 aliphatic heterocycles. The van der Waals surface area contributed by atoms with E-state index < -0.39 is 17.6 Å². The molecule has 0 spiro atoms. The molecule has 37 heavy (non-hydrogen) atoms. The monoisotopic (exact) mass is 541 g/mol. The third-order valence-corrected chi connectivity index (χ3v) is 7.83. The molecule has 1 atom stereocenters. The van der Waals surface area contributed by atoms with Gasteiger partial charge in [0.05, 0.1) is 37.0 Å². The highest BCUT2D eigenvalue weighted by Gasteiger charge is 2.32. The molecule has 1 amide bonds. The molecular weight excluding hydrogens is 507 g/mol. The van der Waals surface area contributed by atoms with Crippen molar-refractivity contribution in [2.75, 3.05) is 46.1 Å². The Morgan fingerprint density at radius 1 is 1.19 bits per heavy atom. The minimum Gasteiger partial charge on any atom is -0.491 e. The summed E-state index contributed by atoms with van der Waals surface area (Å²) in [6.45, 7) is 11.0. The first-order valence-electron chi connectivity index (χ1n) is 12.6. The number of hydrogen-bond donors (Lipinski definition) is 0. The highest BCUT2D eigenvalue weighted by Crippen LogP contribution is 2.33. The molecule has 7 nitrogen and oxygen atoms in total. The van der Waals surface area contributed by atoms with Crippen molar-refractivity contribution in [2.24, 2.45) is 4.99 Å². The Labute approximate surface area is 218 Å². The first-order valence-corrected chi connectivity index (χ1v) is 13.4. The lowest BCUT2D eigenvalue weighted by Gasteiger charge is -2.26. The van der Waals surface area contributed by atoms with E-state index >= 15 is 0 Å². The van der Waals surface area contributed by atoms with Crippen molar-refractivity contribution < 1.29 is 32.2 Å². The van der Waals surface area contributed by atoms with Crippen molar-refractivity contribution in [1.82, 2.24) is 9.47 Å². The van der Waals surface area contributed by atoms with Gasteiger partial charge in [0.15, 0.2) is 4.80 Å². The van der Waals surface area contributed by atoms with Crippen molar-refractivity contribution in [1.29, 1.82) is 0 Å². The number of thiazole rings is 1. The summed E-state index contributed by atoms with van der Waals surface area (Å²) >= 11 is 1.36. The van der Waals surface area contributed by atoms with Gasteiger partial charge in [-0.15, -0.1) is 11.3 Å². The molecular formula is C26H34F3N3O4S. The fourth-order valence-corrected chi connectivity index (χ4v) is 5.26. The number of rotatable bonds is 7. The molecule has 2 aliphatic rings. The molecule has 1 aromatic heterocycles. The molecule has 0 unspecified atom stereocenters. The second-order valence-corrected chi connectivity index (χ2v) is 11.4. The lowest BCUT2D eigenvalue weighted by Crippen LogP contribution is -2.38. The van der Waals surface area contributed by atoms with Crippen LogP contribution in [0.15, 0.2) is 29.4 Å². The zero-order valence-electron chi connectivity index (χ0n) is 21.5. The molecule has 2 fully saturated rings. The first kappa shape index (κ1) is 27.8. The number of carbonyl (C=O) groups is 1. The Bertz CT molecular complexity index is 1140. The number of hydrogen-bond acceptors (Lipinski definition) is 6. The molecule has 0 saturated carbocycles. The van der Waals surface area contributed by atoms with Gasteiger partial charge in [-0.2, -0.15) is 18.2 Å². The van der Waals surface area contributed by atoms with E-state index in [0.29, 0.717) is 37.7 Å². The third-order valence-electron chi connectivity index (χ3n) is 6.39. The number of aromatic nitrogens is 1. The van der Waals surface area contributed by atoms with Gasteiger partial charge in [-0.05, 0) is 36.5 Å². The van der Waals surface area contributed by atoms with Crippen LogP contribution in [0.25, 0.3) is 0 Å². The van der Waals surface area contributed by atoms with Crippen molar-refractivity contribution in [3.8, 4) is 5.75 Å². The average Bonchev–Trinajstić information content (AvgIpc) is 3.50. The molecule has 0 N–H and O–H groups in total. The van der Waals surface area contributed by atoms with E-state index in [-0.39, 0.29) is 29.4 Å². The molecule has 4 rings (SSSR count). The van der Waals surface area contributed by atoms with E-state index in [0.717, 1.165) is 42.9 Å². The molecule has 0 aliphatic carbocycles. The number of ether oxygens (including phenoxy) is 3. The highest BCUT2D eigenvalue weighted by atomic mass is 32.1. The van der Waals surface area contributed by atoms with Gasteiger partial charge in [0.2, 0.25) is 0 Å². The molecule has 2 aromatic rings. The van der Waals surface area contributed by atoms with Crippen LogP contribution in [-0.2, 0) is 27.6 Å². The van der Waals surface area contributed by atoms with Gasteiger partial charge in [-0.1, -0.05) is 20.8 Å². The maximum atomic E-state index is 13.5. The molecule has 3 heterocycles. The normalized spacial score (nSPS) is 19.9. The summed E-state index contributed by atoms with van der Waals surface area (Å²) in [6, 6.07) is 2.97. The molecule has 1 aromatic carbocycles. The molecule has 0 radical (unpaired) electrons. The van der Waals surface area contributed by atoms with E-state index in [2.05, 4.69) is 30.7 Å². The highest BCUT2D eigenvalue weighted by molar-refractivity contribution is 7.09. The summed E-state index contributed by atoms with van der Waals surface area (Å²) in [5.74, 6) is -0.677. The number of alkyl halides is 3. The Morgan fingerprint density at radius 2 is 1.95 bits per heavy atom. The summed E-state index contributed by atoms with van der Waals surface area (Å²) in [5.41, 5.74) is -1.30. The number of carbonyl (C=O) groups excluding carboxylic acids is 1. The number of nitrogens with zero attached hydrogens (tertiary/aromatic N) is 3. The predicted molar refractivity (Wildman–Crippen MR) is 134 cm³/mol. The summed E-state index contributed by atoms with van der Waals surface area (Å²) in [6.07, 6.45) is -0.726. The van der Waals surface area contributed by atoms with Gasteiger partial charge in [0, 0.05) is 37.3 Å². The largest absolute Gasteiger partial charge is 0.491 e. The van der Waals surface area contributed by atoms with E-state index in [1.165, 1.54) is 17.4 Å². The van der Waals surface area contributed by atoms with Crippen molar-refractivity contribution >= 4 is 17.2 Å². The number of benzene rings is 1. The Balaban J connectivity index is 1.63. The molecule has 0 bridgehead atoms. The summed E-state index contributed by atoms with van der Waals surface area (Å²) < 4.78 is 59.3. The standard InChI is InChI=1S/C26H34F3N3O4S/c1-25(2,3)22-17-32(16-19-5-4-11-35-19)24(37-22)30-23(33)20-15-18(26(27,28)29)6-7-21(20)36-14-10-31-8-12-34-13-9-31/h6-7,15,17,19H,4-5,8-14,16H2,1-3H3/b30-24-/t19-/m1/s1. The van der Waals surface area contributed by atoms with Gasteiger partial charge in [-0.25, -0.2) is 0 Å². The third kappa shape index (κ3) is 7.43. The van der Waals surface area contributed by atoms with Crippen LogP contribution in [0, 0.1) is 0 Å². The minimum absolute atomic E-state index is 0.0177. The maximum absolute atomic E-state index is 13.5. The Hall–Kier alpha value is -2.21. The minimum atomic E-state index is -4.59. The van der Waals surface area contributed by atoms with Gasteiger partial charge < -0.3 is 18.8 Å². The number of morpholine rings is 1. The van der Waals surface area contributed by atoms with Crippen LogP contribution in [0.3, 0.4) is 0 Å². The van der Waals surface area contributed by atoms with Gasteiger partial charge in [0.1, 0.15) is 12.4 Å². The second-order valence-electron chi connectivity index (χ2n) is 10.3. The van der Waals surface area contributed by atoms with Crippen LogP contribution in [0.2, 0.25) is 0 Å². The average molecular weight is 542 g/mol. The lowest BCUT2D eigenvalue weighted by molar-refractivity contribution is -0.137. The van der Waals surface area contributed by atoms with E-state index in [1.54, 1.807) is 0 Å². The van der Waals surface area contributed by atoms with Gasteiger partial charge >= 0.3 is 6.18 Å². The second kappa shape index (κ2) is 11.7. The zero-order valence-corrected chi connectivity index (χ0v) is 22.3. The fourth-order valence-electron chi connectivity index (χ4n) is 4.21. The zero-order chi connectivity index (χ0) is 26.6. The summed E-state index contributed by atoms with van der Waals surface area (Å²) in [4.78, 5) is 21.2. The summed E-state index contributed by atoms with van der Waals surface area (Å²) in [5, 5.41) is 0. The Kier molecular flexibility index (Phi) is 8.77. The van der Waals surface area contributed by atoms with E-state index in [9.17, 15) is 18.0 Å². The van der Waals surface area contributed by atoms with Crippen LogP contribution in [0.5, 0.6) is 5.75 Å². The quantitative estimate of drug-likeness (QED) is 0.517. The smallest absolute Gasteiger partial charge is 0.416 e. The van der Waals surface area contributed by atoms with Crippen molar-refractivity contribution in [3.63, 3.8) is 0 Å². The Morgan fingerprint density at radius 3 is 2.59 bits per heavy atom. The topological polar surface area (TPSA) is 65.3 Å². The van der Waals surface area contributed by atoms with Crippen LogP contribution in [0.4, 0.5) is 13.2 Å². The van der Waals surface area contributed by atoms with Gasteiger partial charge in [0.25, 0.3) is 5.91 Å². The van der Waals surface area contributed by atoms with Crippen LogP contribution in [-0.4, -0.2) is 67.5 Å². The lowest BCUT2D eigenvalue weighted by atomic mass is 9.95. The molecule has 2 saturated heterocycles. The van der Waals surface area contributed by atoms with Crippen LogP contribution >= 0.6 is 11.3 Å². The number of halogens is 3. The van der Waals surface area contributed by atoms with E-state index in [1.807, 2.05) is 10.8 Å². The summed E-state index contributed by atoms with van der Waals surface area (Å²) in [7, 11) is 0. The SMILES string of the molecule is CC(C)(C)c1cn(C[C@H]2CCCO2)/c(=N/C(=O)c2cc(C(F)(F)F)ccc2OCCN2CCOCC2)s1. The van der Waals surface area contributed by atoms with E-state index in [4.69, 9.17) is 14.2 Å². The first-order chi connectivity index (χ1) is 17.5. The predicted octanol–water partition coefficient (Wildman–Crippen LogP) is 4.50. The molecule has 204 valence electrons. The number of amides is 1. The van der Waals surface area contributed by atoms with Gasteiger partial charge in [-0.3, -0.25) is 9.69 Å².